The molecule has 4 aliphatic rings. The summed E-state index contributed by atoms with van der Waals surface area (Å²) in [6, 6.07) is 12.6. The van der Waals surface area contributed by atoms with Gasteiger partial charge in [0.1, 0.15) is 65.0 Å². The smallest absolute Gasteiger partial charge is 0.410 e. The number of ether oxygens (including phenoxy) is 3. The lowest BCUT2D eigenvalue weighted by molar-refractivity contribution is -0.130. The lowest BCUT2D eigenvalue weighted by Gasteiger charge is -2.40. The number of likely N-dealkylation sites (tertiary alicyclic amines) is 2. The molecule has 26 nitrogen and oxygen atoms in total. The maximum atomic E-state index is 13.4. The lowest BCUT2D eigenvalue weighted by atomic mass is 9.91. The number of benzene rings is 2. The number of hydrogen-bond acceptors (Lipinski definition) is 20. The summed E-state index contributed by atoms with van der Waals surface area (Å²) >= 11 is 0. The lowest BCUT2D eigenvalue weighted by Crippen LogP contribution is -2.54. The van der Waals surface area contributed by atoms with Crippen LogP contribution in [0.3, 0.4) is 0 Å². The first-order chi connectivity index (χ1) is 41.2. The van der Waals surface area contributed by atoms with E-state index in [9.17, 15) is 44.1 Å². The minimum Gasteiger partial charge on any atom is -0.508 e. The van der Waals surface area contributed by atoms with E-state index < -0.39 is 59.5 Å². The van der Waals surface area contributed by atoms with Gasteiger partial charge in [-0.05, 0) is 134 Å². The second-order valence-electron chi connectivity index (χ2n) is 24.3. The monoisotopic (exact) mass is 1200 g/mol. The van der Waals surface area contributed by atoms with Crippen LogP contribution in [0.25, 0.3) is 0 Å². The number of anilines is 2. The van der Waals surface area contributed by atoms with E-state index in [1.54, 1.807) is 90.6 Å². The fourth-order valence-corrected chi connectivity index (χ4v) is 10.7. The first-order valence-corrected chi connectivity index (χ1v) is 29.3. The molecule has 4 atom stereocenters. The molecule has 468 valence electrons. The molecule has 7 heterocycles. The number of carbonyl (C=O) groups excluding carboxylic acids is 6. The number of phenols is 1. The van der Waals surface area contributed by atoms with Gasteiger partial charge in [-0.3, -0.25) is 29.0 Å². The van der Waals surface area contributed by atoms with E-state index in [1.807, 2.05) is 30.0 Å². The third kappa shape index (κ3) is 18.0. The van der Waals surface area contributed by atoms with Gasteiger partial charge < -0.3 is 65.0 Å². The van der Waals surface area contributed by atoms with Crippen LogP contribution in [-0.2, 0) is 51.6 Å². The zero-order valence-corrected chi connectivity index (χ0v) is 50.9. The summed E-state index contributed by atoms with van der Waals surface area (Å²) < 4.78 is 22.6. The minimum atomic E-state index is -1.10. The standard InChI is InChI=1S/C33H43N7O7.C28H38N6O6/c1-20-29(46-19-37-20)17-45-25-7-6-22-13-27(40(16-23(22)12-25)32(44)47-33(3,4)5)28(42)15-34-31(43)26-14-30(36-18-35-26)38-24-8-10-39(11-9-24)21(2)41;1-17(35)33-9-7-20(8-10-33)32-25-13-22(30-16-31-25)26(38)29-14-24(37)23-12-18-5-6-21(36)11-19(18)15-34(23)27(39)40-28(2,3)4/h6-7,12,14,18-19,24,27-28,42H,8-11,13,15-17H2,1-5H3,(H,34,43)(H,35,36,38);5-6,11,13,16,20,23-24,36-37H,7-10,12,14-15H2,1-4H3,(H,29,38)(H,30,31,32)/t27-,28+;23-,24+/m00/s1. The molecule has 0 saturated carbocycles. The van der Waals surface area contributed by atoms with Gasteiger partial charge in [0, 0.05) is 90.4 Å². The van der Waals surface area contributed by atoms with E-state index >= 15 is 0 Å². The SMILES string of the molecule is CC(=O)N1CCC(Nc2cc(C(=O)NC[C@@H](O)[C@@H]3Cc4ccc(O)cc4CN3C(=O)OC(C)(C)C)ncn2)CC1.CC(=O)N1CCC(Nc2cc(C(=O)NC[C@@H](O)[C@@H]3Cc4ccc(OCc5ocnc5C)cc4CN3C(=O)OC(C)(C)C)ncn2)CC1. The Kier molecular flexibility index (Phi) is 20.9. The molecular formula is C61H81N13O13. The van der Waals surface area contributed by atoms with Crippen LogP contribution in [-0.4, -0.2) is 183 Å². The number of hydrogen-bond donors (Lipinski definition) is 7. The van der Waals surface area contributed by atoms with Gasteiger partial charge in [0.2, 0.25) is 11.8 Å². The number of piperidine rings is 2. The molecule has 0 spiro atoms. The number of rotatable bonds is 15. The van der Waals surface area contributed by atoms with Gasteiger partial charge in [0.15, 0.2) is 12.2 Å². The number of aliphatic hydroxyl groups excluding tert-OH is 2. The Bertz CT molecular complexity index is 3240. The number of fused-ring (bicyclic) bond motifs is 2. The van der Waals surface area contributed by atoms with Gasteiger partial charge in [-0.1, -0.05) is 12.1 Å². The van der Waals surface area contributed by atoms with Gasteiger partial charge in [0.25, 0.3) is 11.8 Å². The molecule has 5 aromatic rings. The fourth-order valence-electron chi connectivity index (χ4n) is 10.7. The zero-order chi connectivity index (χ0) is 62.7. The minimum absolute atomic E-state index is 0.0623. The molecule has 6 amide bonds. The predicted octanol–water partition coefficient (Wildman–Crippen LogP) is 5.29. The molecule has 0 bridgehead atoms. The number of aryl methyl sites for hydroxylation is 1. The molecule has 2 saturated heterocycles. The van der Waals surface area contributed by atoms with Crippen LogP contribution < -0.4 is 26.0 Å². The number of oxazole rings is 1. The second-order valence-corrected chi connectivity index (χ2v) is 24.3. The highest BCUT2D eigenvalue weighted by Gasteiger charge is 2.39. The van der Waals surface area contributed by atoms with E-state index in [2.05, 4.69) is 46.2 Å². The molecule has 0 aliphatic carbocycles. The molecule has 4 aliphatic heterocycles. The summed E-state index contributed by atoms with van der Waals surface area (Å²) in [4.78, 5) is 103. The summed E-state index contributed by atoms with van der Waals surface area (Å²) in [6.45, 7) is 18.6. The molecule has 3 aromatic heterocycles. The van der Waals surface area contributed by atoms with E-state index in [1.165, 1.54) is 28.8 Å². The Morgan fingerprint density at radius 3 is 1.49 bits per heavy atom. The molecule has 7 N–H and O–H groups in total. The van der Waals surface area contributed by atoms with Crippen molar-refractivity contribution in [2.24, 2.45) is 0 Å². The van der Waals surface area contributed by atoms with Crippen LogP contribution in [0.2, 0.25) is 0 Å². The molecule has 0 unspecified atom stereocenters. The summed E-state index contributed by atoms with van der Waals surface area (Å²) in [6.07, 6.45) is 4.40. The highest BCUT2D eigenvalue weighted by atomic mass is 16.6. The van der Waals surface area contributed by atoms with E-state index in [0.717, 1.165) is 53.6 Å². The van der Waals surface area contributed by atoms with Gasteiger partial charge in [-0.2, -0.15) is 0 Å². The summed E-state index contributed by atoms with van der Waals surface area (Å²) in [5, 5.41) is 44.5. The van der Waals surface area contributed by atoms with E-state index in [-0.39, 0.29) is 73.8 Å². The number of nitrogens with zero attached hydrogens (tertiary/aromatic N) is 9. The van der Waals surface area contributed by atoms with Gasteiger partial charge in [-0.15, -0.1) is 0 Å². The van der Waals surface area contributed by atoms with E-state index in [4.69, 9.17) is 18.6 Å². The number of aliphatic hydroxyl groups is 2. The second kappa shape index (κ2) is 28.2. The molecule has 26 heteroatoms. The molecule has 2 fully saturated rings. The maximum Gasteiger partial charge on any atom is 0.410 e. The molecule has 2 aromatic carbocycles. The zero-order valence-electron chi connectivity index (χ0n) is 50.9. The summed E-state index contributed by atoms with van der Waals surface area (Å²) in [5.74, 6) is 1.50. The van der Waals surface area contributed by atoms with Crippen LogP contribution in [0, 0.1) is 6.92 Å². The molecule has 87 heavy (non-hydrogen) atoms. The first kappa shape index (κ1) is 64.4. The third-order valence-electron chi connectivity index (χ3n) is 15.4. The highest BCUT2D eigenvalue weighted by molar-refractivity contribution is 5.93. The van der Waals surface area contributed by atoms with Crippen LogP contribution in [0.5, 0.6) is 11.5 Å². The Morgan fingerprint density at radius 2 is 1.07 bits per heavy atom. The predicted molar refractivity (Wildman–Crippen MR) is 317 cm³/mol. The average Bonchev–Trinajstić information content (AvgIpc) is 3.51. The quantitative estimate of drug-likeness (QED) is 0.0700. The topological polar surface area (TPSA) is 329 Å². The normalized spacial score (nSPS) is 17.9. The number of amides is 6. The largest absolute Gasteiger partial charge is 0.508 e. The van der Waals surface area contributed by atoms with Crippen molar-refractivity contribution in [3.05, 3.63) is 113 Å². The van der Waals surface area contributed by atoms with E-state index in [0.29, 0.717) is 62.2 Å². The van der Waals surface area contributed by atoms with Crippen LogP contribution >= 0.6 is 0 Å². The van der Waals surface area contributed by atoms with Crippen molar-refractivity contribution in [3.63, 3.8) is 0 Å². The number of phenolic OH excluding ortho intramolecular Hbond substituents is 1. The van der Waals surface area contributed by atoms with Crippen molar-refractivity contribution < 1.29 is 62.7 Å². The van der Waals surface area contributed by atoms with Crippen molar-refractivity contribution in [2.75, 3.05) is 49.9 Å². The molecule has 0 radical (unpaired) electrons. The summed E-state index contributed by atoms with van der Waals surface area (Å²) in [5.41, 5.74) is 3.03. The Labute approximate surface area is 505 Å². The summed E-state index contributed by atoms with van der Waals surface area (Å²) in [7, 11) is 0. The maximum absolute atomic E-state index is 13.4. The number of aromatic hydroxyl groups is 1. The van der Waals surface area contributed by atoms with Crippen molar-refractivity contribution in [1.29, 1.82) is 0 Å². The van der Waals surface area contributed by atoms with Crippen LogP contribution in [0.15, 0.2) is 72.0 Å². The van der Waals surface area contributed by atoms with Crippen molar-refractivity contribution >= 4 is 47.5 Å². The Morgan fingerprint density at radius 1 is 0.621 bits per heavy atom. The highest BCUT2D eigenvalue weighted by Crippen LogP contribution is 2.32. The van der Waals surface area contributed by atoms with Crippen molar-refractivity contribution in [1.82, 2.24) is 55.2 Å². The molecular weight excluding hydrogens is 1120 g/mol. The van der Waals surface area contributed by atoms with Crippen molar-refractivity contribution in [2.45, 2.75) is 168 Å². The van der Waals surface area contributed by atoms with Gasteiger partial charge >= 0.3 is 12.2 Å². The van der Waals surface area contributed by atoms with Gasteiger partial charge in [-0.25, -0.2) is 34.5 Å². The number of nitrogens with one attached hydrogen (secondary N) is 4. The van der Waals surface area contributed by atoms with Gasteiger partial charge in [0.05, 0.1) is 30.0 Å². The molecule has 9 rings (SSSR count). The Hall–Kier alpha value is -8.65. The fraction of sp³-hybridized carbons (Fsp3) is 0.525. The average molecular weight is 1200 g/mol. The third-order valence-corrected chi connectivity index (χ3v) is 15.4. The van der Waals surface area contributed by atoms with Crippen LogP contribution in [0.4, 0.5) is 21.2 Å². The number of aromatic nitrogens is 5. The Balaban J connectivity index is 0.000000229. The van der Waals surface area contributed by atoms with Crippen LogP contribution in [0.1, 0.15) is 136 Å². The van der Waals surface area contributed by atoms with Crippen molar-refractivity contribution in [3.8, 4) is 11.5 Å². The number of carbonyl (C=O) groups is 6. The first-order valence-electron chi connectivity index (χ1n) is 29.3.